The summed E-state index contributed by atoms with van der Waals surface area (Å²) in [6.07, 6.45) is 4.00. The molecule has 1 amide bonds. The van der Waals surface area contributed by atoms with Crippen LogP contribution in [-0.2, 0) is 10.0 Å². The van der Waals surface area contributed by atoms with E-state index in [1.54, 1.807) is 17.4 Å². The molecular weight excluding hydrogens is 430 g/mol. The first kappa shape index (κ1) is 20.8. The summed E-state index contributed by atoms with van der Waals surface area (Å²) >= 11 is 7.80. The summed E-state index contributed by atoms with van der Waals surface area (Å²) in [6.45, 7) is 2.52. The van der Waals surface area contributed by atoms with Crippen LogP contribution in [0.25, 0.3) is 0 Å². The van der Waals surface area contributed by atoms with Gasteiger partial charge in [0, 0.05) is 23.0 Å². The van der Waals surface area contributed by atoms with E-state index in [-0.39, 0.29) is 33.5 Å². The Labute approximate surface area is 180 Å². The molecule has 6 nitrogen and oxygen atoms in total. The van der Waals surface area contributed by atoms with Crippen molar-refractivity contribution < 1.29 is 13.2 Å². The molecule has 2 aliphatic rings. The minimum atomic E-state index is -3.73. The molecule has 0 radical (unpaired) electrons. The highest BCUT2D eigenvalue weighted by Gasteiger charge is 2.30. The first-order chi connectivity index (χ1) is 13.9. The lowest BCUT2D eigenvalue weighted by atomic mass is 10.2. The number of thiophene rings is 1. The summed E-state index contributed by atoms with van der Waals surface area (Å²) in [7, 11) is -3.73. The number of nitrogens with zero attached hydrogens (tertiary/aromatic N) is 1. The normalized spacial score (nSPS) is 18.7. The first-order valence-electron chi connectivity index (χ1n) is 9.81. The van der Waals surface area contributed by atoms with Gasteiger partial charge in [-0.2, -0.15) is 0 Å². The SMILES string of the molecule is O=C(NCC(c1cccs1)N1CCCC1)c1ccc(Cl)c(S(=O)(=O)NC2CC2)c1. The highest BCUT2D eigenvalue weighted by Crippen LogP contribution is 2.29. The molecule has 2 heterocycles. The smallest absolute Gasteiger partial charge is 0.251 e. The molecule has 2 fully saturated rings. The first-order valence-corrected chi connectivity index (χ1v) is 12.6. The highest BCUT2D eigenvalue weighted by molar-refractivity contribution is 7.89. The quantitative estimate of drug-likeness (QED) is 0.642. The average molecular weight is 454 g/mol. The summed E-state index contributed by atoms with van der Waals surface area (Å²) in [5.41, 5.74) is 0.289. The van der Waals surface area contributed by atoms with Crippen molar-refractivity contribution in [3.8, 4) is 0 Å². The van der Waals surface area contributed by atoms with Crippen molar-refractivity contribution in [1.82, 2.24) is 14.9 Å². The third kappa shape index (κ3) is 5.00. The predicted octanol–water partition coefficient (Wildman–Crippen LogP) is 3.41. The second-order valence-corrected chi connectivity index (χ2v) is 10.6. The number of amides is 1. The zero-order chi connectivity index (χ0) is 20.4. The molecule has 2 N–H and O–H groups in total. The molecule has 1 saturated carbocycles. The molecule has 0 bridgehead atoms. The number of carbonyl (C=O) groups is 1. The number of carbonyl (C=O) groups excluding carboxylic acids is 1. The summed E-state index contributed by atoms with van der Waals surface area (Å²) in [5, 5.41) is 5.14. The van der Waals surface area contributed by atoms with Gasteiger partial charge in [0.15, 0.2) is 0 Å². The van der Waals surface area contributed by atoms with Crippen molar-refractivity contribution in [2.24, 2.45) is 0 Å². The Morgan fingerprint density at radius 2 is 2.00 bits per heavy atom. The molecule has 29 heavy (non-hydrogen) atoms. The summed E-state index contributed by atoms with van der Waals surface area (Å²) < 4.78 is 27.7. The summed E-state index contributed by atoms with van der Waals surface area (Å²) in [6, 6.07) is 8.61. The molecule has 0 spiro atoms. The van der Waals surface area contributed by atoms with E-state index in [0.717, 1.165) is 25.9 Å². The van der Waals surface area contributed by atoms with Gasteiger partial charge in [-0.1, -0.05) is 17.7 Å². The van der Waals surface area contributed by atoms with Gasteiger partial charge in [0.25, 0.3) is 5.91 Å². The van der Waals surface area contributed by atoms with Crippen LogP contribution in [0, 0.1) is 0 Å². The standard InChI is InChI=1S/C20H24ClN3O3S2/c21-16-8-5-14(12-19(16)29(26,27)23-15-6-7-15)20(25)22-13-17(18-4-3-11-28-18)24-9-1-2-10-24/h3-5,8,11-12,15,17,23H,1-2,6-7,9-10,13H2,(H,22,25). The summed E-state index contributed by atoms with van der Waals surface area (Å²) in [4.78, 5) is 16.3. The molecule has 1 aliphatic heterocycles. The molecule has 1 saturated heterocycles. The van der Waals surface area contributed by atoms with Crippen LogP contribution in [0.3, 0.4) is 0 Å². The van der Waals surface area contributed by atoms with Gasteiger partial charge in [-0.3, -0.25) is 9.69 Å². The minimum absolute atomic E-state index is 0.0273. The fraction of sp³-hybridized carbons (Fsp3) is 0.450. The molecule has 1 unspecified atom stereocenters. The topological polar surface area (TPSA) is 78.5 Å². The molecule has 4 rings (SSSR count). The van der Waals surface area contributed by atoms with E-state index in [2.05, 4.69) is 21.0 Å². The van der Waals surface area contributed by atoms with E-state index in [1.807, 2.05) is 11.4 Å². The van der Waals surface area contributed by atoms with Gasteiger partial charge in [0.1, 0.15) is 4.90 Å². The van der Waals surface area contributed by atoms with Crippen molar-refractivity contribution >= 4 is 38.9 Å². The lowest BCUT2D eigenvalue weighted by Gasteiger charge is -2.27. The Hall–Kier alpha value is -1.45. The van der Waals surface area contributed by atoms with E-state index in [4.69, 9.17) is 11.6 Å². The van der Waals surface area contributed by atoms with Gasteiger partial charge in [0.05, 0.1) is 11.1 Å². The third-order valence-electron chi connectivity index (χ3n) is 5.29. The Morgan fingerprint density at radius 1 is 1.24 bits per heavy atom. The van der Waals surface area contributed by atoms with Gasteiger partial charge in [-0.25, -0.2) is 13.1 Å². The lowest BCUT2D eigenvalue weighted by molar-refractivity contribution is 0.0938. The van der Waals surface area contributed by atoms with Gasteiger partial charge in [-0.05, 0) is 68.4 Å². The van der Waals surface area contributed by atoms with Gasteiger partial charge < -0.3 is 5.32 Å². The fourth-order valence-corrected chi connectivity index (χ4v) is 6.26. The van der Waals surface area contributed by atoms with Crippen LogP contribution in [0.1, 0.15) is 47.0 Å². The maximum absolute atomic E-state index is 12.8. The van der Waals surface area contributed by atoms with E-state index in [0.29, 0.717) is 6.54 Å². The van der Waals surface area contributed by atoms with Gasteiger partial charge >= 0.3 is 0 Å². The number of likely N-dealkylation sites (tertiary alicyclic amines) is 1. The van der Waals surface area contributed by atoms with Gasteiger partial charge in [0.2, 0.25) is 10.0 Å². The zero-order valence-electron chi connectivity index (χ0n) is 15.9. The average Bonchev–Trinajstić information content (AvgIpc) is 3.15. The van der Waals surface area contributed by atoms with E-state index in [9.17, 15) is 13.2 Å². The number of halogens is 1. The minimum Gasteiger partial charge on any atom is -0.350 e. The van der Waals surface area contributed by atoms with Crippen LogP contribution in [-0.4, -0.2) is 44.9 Å². The van der Waals surface area contributed by atoms with Crippen molar-refractivity contribution in [3.63, 3.8) is 0 Å². The lowest BCUT2D eigenvalue weighted by Crippen LogP contribution is -2.36. The van der Waals surface area contributed by atoms with E-state index in [1.165, 1.54) is 29.9 Å². The second-order valence-electron chi connectivity index (χ2n) is 7.53. The molecule has 1 aromatic carbocycles. The number of hydrogen-bond acceptors (Lipinski definition) is 5. The van der Waals surface area contributed by atoms with Crippen molar-refractivity contribution in [2.45, 2.75) is 42.7 Å². The maximum atomic E-state index is 12.8. The molecule has 156 valence electrons. The van der Waals surface area contributed by atoms with Crippen molar-refractivity contribution in [2.75, 3.05) is 19.6 Å². The van der Waals surface area contributed by atoms with Crippen molar-refractivity contribution in [1.29, 1.82) is 0 Å². The van der Waals surface area contributed by atoms with Crippen LogP contribution in [0.5, 0.6) is 0 Å². The highest BCUT2D eigenvalue weighted by atomic mass is 35.5. The largest absolute Gasteiger partial charge is 0.350 e. The Morgan fingerprint density at radius 3 is 2.66 bits per heavy atom. The molecule has 2 aromatic rings. The van der Waals surface area contributed by atoms with Crippen LogP contribution < -0.4 is 10.0 Å². The van der Waals surface area contributed by atoms with Crippen LogP contribution in [0.2, 0.25) is 5.02 Å². The number of sulfonamides is 1. The van der Waals surface area contributed by atoms with E-state index >= 15 is 0 Å². The molecule has 1 aliphatic carbocycles. The molecular formula is C20H24ClN3O3S2. The van der Waals surface area contributed by atoms with Crippen LogP contribution >= 0.6 is 22.9 Å². The maximum Gasteiger partial charge on any atom is 0.251 e. The Bertz CT molecular complexity index is 969. The molecule has 1 atom stereocenters. The number of nitrogens with one attached hydrogen (secondary N) is 2. The molecule has 1 aromatic heterocycles. The summed E-state index contributed by atoms with van der Waals surface area (Å²) in [5.74, 6) is -0.301. The fourth-order valence-electron chi connectivity index (χ4n) is 3.57. The third-order valence-corrected chi connectivity index (χ3v) is 8.27. The predicted molar refractivity (Wildman–Crippen MR) is 115 cm³/mol. The second kappa shape index (κ2) is 8.73. The van der Waals surface area contributed by atoms with Gasteiger partial charge in [-0.15, -0.1) is 11.3 Å². The Kier molecular flexibility index (Phi) is 6.27. The molecule has 9 heteroatoms. The van der Waals surface area contributed by atoms with Crippen molar-refractivity contribution in [3.05, 3.63) is 51.2 Å². The van der Waals surface area contributed by atoms with Crippen LogP contribution in [0.15, 0.2) is 40.6 Å². The monoisotopic (exact) mass is 453 g/mol. The Balaban J connectivity index is 1.48. The van der Waals surface area contributed by atoms with E-state index < -0.39 is 10.0 Å². The zero-order valence-corrected chi connectivity index (χ0v) is 18.3. The number of benzene rings is 1. The number of hydrogen-bond donors (Lipinski definition) is 2. The number of rotatable bonds is 8. The van der Waals surface area contributed by atoms with Crippen LogP contribution in [0.4, 0.5) is 0 Å².